The molecule has 0 aliphatic rings. The number of halogens is 1. The number of hydrogen-bond donors (Lipinski definition) is 1. The molecule has 1 aromatic carbocycles. The molecule has 0 saturated heterocycles. The van der Waals surface area contributed by atoms with Gasteiger partial charge in [-0.05, 0) is 59.6 Å². The molecule has 0 saturated carbocycles. The van der Waals surface area contributed by atoms with Gasteiger partial charge >= 0.3 is 0 Å². The quantitative estimate of drug-likeness (QED) is 0.828. The van der Waals surface area contributed by atoms with E-state index in [1.165, 1.54) is 0 Å². The molecule has 0 spiro atoms. The molecule has 4 heteroatoms. The van der Waals surface area contributed by atoms with E-state index in [-0.39, 0.29) is 10.7 Å². The van der Waals surface area contributed by atoms with Gasteiger partial charge in [0.2, 0.25) is 0 Å². The first-order valence-electron chi connectivity index (χ1n) is 6.57. The van der Waals surface area contributed by atoms with Gasteiger partial charge in [0.25, 0.3) is 5.91 Å². The largest absolute Gasteiger partial charge is 0.351 e. The Morgan fingerprint density at radius 1 is 1.37 bits per heavy atom. The van der Waals surface area contributed by atoms with Crippen LogP contribution in [0.15, 0.2) is 22.7 Å². The van der Waals surface area contributed by atoms with E-state index in [2.05, 4.69) is 41.3 Å². The van der Waals surface area contributed by atoms with E-state index in [1.54, 1.807) is 0 Å². The Morgan fingerprint density at radius 3 is 2.47 bits per heavy atom. The molecular formula is C15H22BrNOS. The summed E-state index contributed by atoms with van der Waals surface area (Å²) < 4.78 is 1.00. The summed E-state index contributed by atoms with van der Waals surface area (Å²) in [4.78, 5) is 12.2. The average molecular weight is 344 g/mol. The zero-order chi connectivity index (χ0) is 14.5. The number of rotatable bonds is 6. The summed E-state index contributed by atoms with van der Waals surface area (Å²) in [5, 5.41) is 3.06. The van der Waals surface area contributed by atoms with Crippen molar-refractivity contribution in [1.29, 1.82) is 0 Å². The van der Waals surface area contributed by atoms with Crippen molar-refractivity contribution in [3.63, 3.8) is 0 Å². The Bertz CT molecular complexity index is 436. The third kappa shape index (κ3) is 4.25. The predicted octanol–water partition coefficient (Wildman–Crippen LogP) is 4.41. The summed E-state index contributed by atoms with van der Waals surface area (Å²) in [5.41, 5.74) is 1.84. The van der Waals surface area contributed by atoms with Crippen molar-refractivity contribution >= 4 is 33.6 Å². The normalized spacial score (nSPS) is 11.4. The zero-order valence-electron chi connectivity index (χ0n) is 12.0. The highest BCUT2D eigenvalue weighted by atomic mass is 79.9. The number of nitrogens with one attached hydrogen (secondary N) is 1. The Morgan fingerprint density at radius 2 is 2.00 bits per heavy atom. The van der Waals surface area contributed by atoms with Crippen LogP contribution in [0.5, 0.6) is 0 Å². The van der Waals surface area contributed by atoms with Crippen LogP contribution >= 0.6 is 27.7 Å². The lowest BCUT2D eigenvalue weighted by molar-refractivity contribution is 0.0948. The van der Waals surface area contributed by atoms with Crippen molar-refractivity contribution in [3.05, 3.63) is 33.8 Å². The lowest BCUT2D eigenvalue weighted by atomic mass is 10.0. The van der Waals surface area contributed by atoms with Crippen LogP contribution in [0.2, 0.25) is 0 Å². The van der Waals surface area contributed by atoms with Crippen LogP contribution < -0.4 is 5.32 Å². The van der Waals surface area contributed by atoms with Crippen LogP contribution in [0.1, 0.15) is 42.6 Å². The molecule has 0 fully saturated rings. The molecule has 0 heterocycles. The Hall–Kier alpha value is -0.480. The maximum atomic E-state index is 12.2. The highest BCUT2D eigenvalue weighted by Crippen LogP contribution is 2.29. The molecule has 0 bridgehead atoms. The van der Waals surface area contributed by atoms with Crippen LogP contribution in [-0.2, 0) is 0 Å². The number of aryl methyl sites for hydroxylation is 1. The van der Waals surface area contributed by atoms with Gasteiger partial charge in [0.15, 0.2) is 0 Å². The lowest BCUT2D eigenvalue weighted by Crippen LogP contribution is -2.39. The molecule has 0 aliphatic heterocycles. The van der Waals surface area contributed by atoms with Crippen LogP contribution in [0.4, 0.5) is 0 Å². The third-order valence-electron chi connectivity index (χ3n) is 3.66. The third-order valence-corrected chi connectivity index (χ3v) is 5.91. The Kier molecular flexibility index (Phi) is 6.40. The van der Waals surface area contributed by atoms with Crippen molar-refractivity contribution in [2.24, 2.45) is 0 Å². The van der Waals surface area contributed by atoms with Crippen molar-refractivity contribution in [1.82, 2.24) is 5.32 Å². The van der Waals surface area contributed by atoms with Gasteiger partial charge in [-0.3, -0.25) is 4.79 Å². The molecule has 2 nitrogen and oxygen atoms in total. The standard InChI is InChI=1S/C15H22BrNOS/c1-5-15(6-2,19-4)10-17-14(18)12-8-7-11(3)9-13(12)16/h7-9H,5-6,10H2,1-4H3,(H,17,18). The number of carbonyl (C=O) groups is 1. The Balaban J connectivity index is 2.75. The van der Waals surface area contributed by atoms with E-state index in [9.17, 15) is 4.79 Å². The first-order chi connectivity index (χ1) is 8.98. The van der Waals surface area contributed by atoms with Crippen LogP contribution in [0, 0.1) is 6.92 Å². The van der Waals surface area contributed by atoms with Gasteiger partial charge in [0, 0.05) is 15.8 Å². The molecule has 1 aromatic rings. The molecule has 0 unspecified atom stereocenters. The number of amides is 1. The number of benzene rings is 1. The summed E-state index contributed by atoms with van der Waals surface area (Å²) >= 11 is 5.29. The molecule has 19 heavy (non-hydrogen) atoms. The lowest BCUT2D eigenvalue weighted by Gasteiger charge is -2.29. The molecule has 1 rings (SSSR count). The van der Waals surface area contributed by atoms with E-state index in [1.807, 2.05) is 36.9 Å². The van der Waals surface area contributed by atoms with E-state index >= 15 is 0 Å². The number of hydrogen-bond acceptors (Lipinski definition) is 2. The monoisotopic (exact) mass is 343 g/mol. The molecular weight excluding hydrogens is 322 g/mol. The number of thioether (sulfide) groups is 1. The highest BCUT2D eigenvalue weighted by molar-refractivity contribution is 9.10. The summed E-state index contributed by atoms with van der Waals surface area (Å²) in [6, 6.07) is 5.80. The van der Waals surface area contributed by atoms with Crippen molar-refractivity contribution in [2.75, 3.05) is 12.8 Å². The molecule has 1 N–H and O–H groups in total. The van der Waals surface area contributed by atoms with Crippen molar-refractivity contribution in [2.45, 2.75) is 38.4 Å². The summed E-state index contributed by atoms with van der Waals surface area (Å²) in [7, 11) is 0. The second-order valence-corrected chi connectivity index (χ2v) is 6.89. The van der Waals surface area contributed by atoms with Crippen molar-refractivity contribution in [3.8, 4) is 0 Å². The molecule has 0 radical (unpaired) electrons. The summed E-state index contributed by atoms with van der Waals surface area (Å²) in [5.74, 6) is -0.00722. The first-order valence-corrected chi connectivity index (χ1v) is 8.59. The smallest absolute Gasteiger partial charge is 0.252 e. The van der Waals surface area contributed by atoms with Crippen LogP contribution in [0.3, 0.4) is 0 Å². The minimum absolute atomic E-state index is 0.00722. The van der Waals surface area contributed by atoms with E-state index < -0.39 is 0 Å². The van der Waals surface area contributed by atoms with Crippen LogP contribution in [-0.4, -0.2) is 23.5 Å². The Labute approximate surface area is 128 Å². The van der Waals surface area contributed by atoms with Crippen molar-refractivity contribution < 1.29 is 4.79 Å². The van der Waals surface area contributed by atoms with Gasteiger partial charge < -0.3 is 5.32 Å². The molecule has 0 atom stereocenters. The fourth-order valence-corrected chi connectivity index (χ4v) is 3.47. The second kappa shape index (κ2) is 7.34. The van der Waals surface area contributed by atoms with Gasteiger partial charge in [-0.15, -0.1) is 0 Å². The van der Waals surface area contributed by atoms with Gasteiger partial charge in [-0.1, -0.05) is 19.9 Å². The maximum Gasteiger partial charge on any atom is 0.252 e. The maximum absolute atomic E-state index is 12.2. The fourth-order valence-electron chi connectivity index (χ4n) is 2.00. The van der Waals surface area contributed by atoms with Crippen LogP contribution in [0.25, 0.3) is 0 Å². The SMILES string of the molecule is CCC(CC)(CNC(=O)c1ccc(C)cc1Br)SC. The average Bonchev–Trinajstić information content (AvgIpc) is 2.40. The molecule has 0 aliphatic carbocycles. The van der Waals surface area contributed by atoms with Gasteiger partial charge in [0.05, 0.1) is 5.56 Å². The molecule has 1 amide bonds. The topological polar surface area (TPSA) is 29.1 Å². The second-order valence-electron chi connectivity index (χ2n) is 4.76. The fraction of sp³-hybridized carbons (Fsp3) is 0.533. The van der Waals surface area contributed by atoms with E-state index in [0.29, 0.717) is 12.1 Å². The van der Waals surface area contributed by atoms with Gasteiger partial charge in [-0.25, -0.2) is 0 Å². The summed E-state index contributed by atoms with van der Waals surface area (Å²) in [6.45, 7) is 7.07. The molecule has 106 valence electrons. The highest BCUT2D eigenvalue weighted by Gasteiger charge is 2.25. The zero-order valence-corrected chi connectivity index (χ0v) is 14.5. The predicted molar refractivity (Wildman–Crippen MR) is 88.0 cm³/mol. The minimum atomic E-state index is -0.00722. The minimum Gasteiger partial charge on any atom is -0.351 e. The van der Waals surface area contributed by atoms with Gasteiger partial charge in [-0.2, -0.15) is 11.8 Å². The molecule has 0 aromatic heterocycles. The number of carbonyl (C=O) groups excluding carboxylic acids is 1. The van der Waals surface area contributed by atoms with Gasteiger partial charge in [0.1, 0.15) is 0 Å². The first kappa shape index (κ1) is 16.6. The van der Waals surface area contributed by atoms with E-state index in [4.69, 9.17) is 0 Å². The summed E-state index contributed by atoms with van der Waals surface area (Å²) in [6.07, 6.45) is 4.22. The van der Waals surface area contributed by atoms with E-state index in [0.717, 1.165) is 22.9 Å².